The van der Waals surface area contributed by atoms with Gasteiger partial charge in [0, 0.05) is 35.6 Å². The van der Waals surface area contributed by atoms with Crippen molar-refractivity contribution in [1.82, 2.24) is 23.7 Å². The molecule has 0 aliphatic rings. The van der Waals surface area contributed by atoms with Crippen molar-refractivity contribution >= 4 is 17.1 Å². The highest BCUT2D eigenvalue weighted by atomic mass is 35.5. The number of aromatic nitrogens is 5. The fraction of sp³-hybridized carbons (Fsp3) is 0.238. The number of nitrogens with zero attached hydrogens (tertiary/aromatic N) is 5. The first-order chi connectivity index (χ1) is 13.9. The van der Waals surface area contributed by atoms with E-state index in [2.05, 4.69) is 10.1 Å². The van der Waals surface area contributed by atoms with Gasteiger partial charge in [-0.3, -0.25) is 9.36 Å². The molecule has 7 nitrogen and oxygen atoms in total. The molecule has 3 aromatic heterocycles. The largest absolute Gasteiger partial charge is 0.331 e. The van der Waals surface area contributed by atoms with Crippen LogP contribution in [0.25, 0.3) is 16.8 Å². The summed E-state index contributed by atoms with van der Waals surface area (Å²) in [7, 11) is 0. The number of halogens is 1. The summed E-state index contributed by atoms with van der Waals surface area (Å²) in [6, 6.07) is 7.12. The van der Waals surface area contributed by atoms with Crippen LogP contribution in [0.3, 0.4) is 0 Å². The average molecular weight is 410 g/mol. The maximum absolute atomic E-state index is 12.5. The van der Waals surface area contributed by atoms with Crippen LogP contribution in [0.1, 0.15) is 23.6 Å². The van der Waals surface area contributed by atoms with Gasteiger partial charge in [0.25, 0.3) is 5.56 Å². The maximum atomic E-state index is 12.5. The Morgan fingerprint density at radius 3 is 2.69 bits per heavy atom. The number of aryl methyl sites for hydroxylation is 2. The van der Waals surface area contributed by atoms with E-state index in [9.17, 15) is 9.59 Å². The minimum absolute atomic E-state index is 0.162. The molecular weight excluding hydrogens is 390 g/mol. The summed E-state index contributed by atoms with van der Waals surface area (Å²) in [4.78, 5) is 29.2. The third-order valence-electron chi connectivity index (χ3n) is 5.17. The first kappa shape index (κ1) is 19.1. The number of hydrogen-bond donors (Lipinski definition) is 0. The van der Waals surface area contributed by atoms with Crippen LogP contribution in [0.2, 0.25) is 5.02 Å². The van der Waals surface area contributed by atoms with Crippen LogP contribution < -0.4 is 11.2 Å². The summed E-state index contributed by atoms with van der Waals surface area (Å²) >= 11 is 6.27. The summed E-state index contributed by atoms with van der Waals surface area (Å²) in [5.74, 6) is 0. The normalized spacial score (nSPS) is 11.3. The molecule has 4 aromatic rings. The fourth-order valence-electron chi connectivity index (χ4n) is 3.46. The number of fused-ring (bicyclic) bond motifs is 1. The quantitative estimate of drug-likeness (QED) is 0.519. The molecule has 4 rings (SSSR count). The zero-order valence-electron chi connectivity index (χ0n) is 16.4. The van der Waals surface area contributed by atoms with Crippen molar-refractivity contribution in [3.05, 3.63) is 85.5 Å². The number of benzene rings is 1. The van der Waals surface area contributed by atoms with E-state index in [1.807, 2.05) is 45.2 Å². The van der Waals surface area contributed by atoms with Crippen molar-refractivity contribution < 1.29 is 0 Å². The zero-order chi connectivity index (χ0) is 20.7. The Bertz CT molecular complexity index is 1350. The summed E-state index contributed by atoms with van der Waals surface area (Å²) in [5.41, 5.74) is 4.75. The summed E-state index contributed by atoms with van der Waals surface area (Å²) in [6.45, 7) is 6.56. The molecule has 0 aliphatic carbocycles. The molecular formula is C21H20ClN5O2. The van der Waals surface area contributed by atoms with E-state index in [0.717, 1.165) is 33.5 Å². The molecule has 148 valence electrons. The van der Waals surface area contributed by atoms with Crippen LogP contribution in [-0.4, -0.2) is 23.7 Å². The third kappa shape index (κ3) is 3.38. The van der Waals surface area contributed by atoms with Gasteiger partial charge in [0.05, 0.1) is 17.8 Å². The van der Waals surface area contributed by atoms with E-state index in [0.29, 0.717) is 11.6 Å². The predicted molar refractivity (Wildman–Crippen MR) is 113 cm³/mol. The van der Waals surface area contributed by atoms with Gasteiger partial charge in [-0.25, -0.2) is 14.3 Å². The average Bonchev–Trinajstić information content (AvgIpc) is 3.11. The lowest BCUT2D eigenvalue weighted by Gasteiger charge is -2.10. The molecule has 0 amide bonds. The minimum Gasteiger partial charge on any atom is -0.301 e. The molecule has 8 heteroatoms. The lowest BCUT2D eigenvalue weighted by Crippen LogP contribution is -2.38. The van der Waals surface area contributed by atoms with Gasteiger partial charge < -0.3 is 4.57 Å². The Hall–Kier alpha value is -3.19. The lowest BCUT2D eigenvalue weighted by atomic mass is 10.0. The van der Waals surface area contributed by atoms with E-state index in [4.69, 9.17) is 11.6 Å². The number of hydrogen-bond acceptors (Lipinski definition) is 4. The summed E-state index contributed by atoms with van der Waals surface area (Å²) in [6.07, 6.45) is 4.81. The van der Waals surface area contributed by atoms with Crippen LogP contribution in [0, 0.1) is 13.8 Å². The second kappa shape index (κ2) is 7.33. The van der Waals surface area contributed by atoms with Gasteiger partial charge in [-0.1, -0.05) is 11.6 Å². The van der Waals surface area contributed by atoms with Gasteiger partial charge in [0.15, 0.2) is 0 Å². The second-order valence-electron chi connectivity index (χ2n) is 6.99. The molecule has 29 heavy (non-hydrogen) atoms. The molecule has 0 bridgehead atoms. The fourth-order valence-corrected chi connectivity index (χ4v) is 3.74. The number of rotatable bonds is 4. The van der Waals surface area contributed by atoms with E-state index in [1.165, 1.54) is 27.7 Å². The van der Waals surface area contributed by atoms with Gasteiger partial charge in [0.2, 0.25) is 0 Å². The molecule has 0 spiro atoms. The van der Waals surface area contributed by atoms with E-state index in [-0.39, 0.29) is 17.8 Å². The van der Waals surface area contributed by atoms with Crippen molar-refractivity contribution in [2.45, 2.75) is 33.9 Å². The van der Waals surface area contributed by atoms with E-state index in [1.54, 1.807) is 4.52 Å². The monoisotopic (exact) mass is 409 g/mol. The highest BCUT2D eigenvalue weighted by Crippen LogP contribution is 2.30. The molecule has 0 saturated carbocycles. The summed E-state index contributed by atoms with van der Waals surface area (Å²) in [5, 5.41) is 4.93. The van der Waals surface area contributed by atoms with Gasteiger partial charge in [-0.05, 0) is 55.7 Å². The molecule has 0 atom stereocenters. The van der Waals surface area contributed by atoms with Gasteiger partial charge in [-0.15, -0.1) is 0 Å². The SMILES string of the molecule is CCn1ccc(=O)n(Cc2cc3c(-c4cc(Cl)cc(C)c4C)ncnn3c2)c1=O. The predicted octanol–water partition coefficient (Wildman–Crippen LogP) is 3.06. The van der Waals surface area contributed by atoms with Gasteiger partial charge >= 0.3 is 5.69 Å². The Kier molecular flexibility index (Phi) is 4.84. The van der Waals surface area contributed by atoms with Crippen molar-refractivity contribution in [3.63, 3.8) is 0 Å². The van der Waals surface area contributed by atoms with Crippen LogP contribution in [0.15, 0.2) is 52.6 Å². The van der Waals surface area contributed by atoms with Crippen LogP contribution in [0.4, 0.5) is 0 Å². The molecule has 0 fully saturated rings. The highest BCUT2D eigenvalue weighted by molar-refractivity contribution is 6.31. The van der Waals surface area contributed by atoms with Crippen molar-refractivity contribution in [2.24, 2.45) is 0 Å². The molecule has 0 saturated heterocycles. The van der Waals surface area contributed by atoms with Gasteiger partial charge in [-0.2, -0.15) is 5.10 Å². The maximum Gasteiger partial charge on any atom is 0.331 e. The molecule has 1 aromatic carbocycles. The lowest BCUT2D eigenvalue weighted by molar-refractivity contribution is 0.600. The third-order valence-corrected chi connectivity index (χ3v) is 5.39. The Labute approximate surface area is 171 Å². The molecule has 0 aliphatic heterocycles. The summed E-state index contributed by atoms with van der Waals surface area (Å²) < 4.78 is 4.43. The zero-order valence-corrected chi connectivity index (χ0v) is 17.1. The van der Waals surface area contributed by atoms with Crippen LogP contribution in [0.5, 0.6) is 0 Å². The Balaban J connectivity index is 1.85. The van der Waals surface area contributed by atoms with Crippen molar-refractivity contribution in [3.8, 4) is 11.3 Å². The molecule has 0 unspecified atom stereocenters. The van der Waals surface area contributed by atoms with Crippen molar-refractivity contribution in [2.75, 3.05) is 0 Å². The standard InChI is InChI=1S/C21H20ClN5O2/c1-4-25-6-5-19(28)26(21(25)29)10-15-8-18-20(23-12-24-27(18)11-15)17-9-16(22)7-13(2)14(17)3/h5-9,11-12H,4,10H2,1-3H3. The Morgan fingerprint density at radius 2 is 1.93 bits per heavy atom. The second-order valence-corrected chi connectivity index (χ2v) is 7.43. The first-order valence-electron chi connectivity index (χ1n) is 9.28. The Morgan fingerprint density at radius 1 is 1.14 bits per heavy atom. The molecule has 3 heterocycles. The molecule has 0 N–H and O–H groups in total. The highest BCUT2D eigenvalue weighted by Gasteiger charge is 2.14. The van der Waals surface area contributed by atoms with Crippen molar-refractivity contribution in [1.29, 1.82) is 0 Å². The topological polar surface area (TPSA) is 74.2 Å². The van der Waals surface area contributed by atoms with E-state index >= 15 is 0 Å². The van der Waals surface area contributed by atoms with Gasteiger partial charge in [0.1, 0.15) is 6.33 Å². The van der Waals surface area contributed by atoms with Crippen LogP contribution in [-0.2, 0) is 13.1 Å². The van der Waals surface area contributed by atoms with Crippen LogP contribution >= 0.6 is 11.6 Å². The minimum atomic E-state index is -0.331. The molecule has 0 radical (unpaired) electrons. The van der Waals surface area contributed by atoms with E-state index < -0.39 is 0 Å². The smallest absolute Gasteiger partial charge is 0.301 e. The first-order valence-corrected chi connectivity index (χ1v) is 9.66.